The minimum absolute atomic E-state index is 0.0167. The monoisotopic (exact) mass is 859 g/mol. The van der Waals surface area contributed by atoms with Crippen LogP contribution in [0.2, 0.25) is 0 Å². The minimum atomic E-state index is -3.68. The molecular weight excluding hydrogens is 807 g/mol. The Morgan fingerprint density at radius 1 is 0.852 bits per heavy atom. The first-order valence-electron chi connectivity index (χ1n) is 20.5. The van der Waals surface area contributed by atoms with Gasteiger partial charge in [-0.2, -0.15) is 0 Å². The molecule has 17 nitrogen and oxygen atoms in total. The van der Waals surface area contributed by atoms with Gasteiger partial charge < -0.3 is 30.3 Å². The van der Waals surface area contributed by atoms with Crippen LogP contribution in [-0.4, -0.2) is 130 Å². The van der Waals surface area contributed by atoms with Gasteiger partial charge in [-0.3, -0.25) is 43.9 Å². The van der Waals surface area contributed by atoms with E-state index in [2.05, 4.69) is 31.1 Å². The van der Waals surface area contributed by atoms with Gasteiger partial charge in [0.05, 0.1) is 48.9 Å². The van der Waals surface area contributed by atoms with Gasteiger partial charge in [0.1, 0.15) is 15.9 Å². The molecule has 0 aliphatic carbocycles. The smallest absolute Gasteiger partial charge is 0.264 e. The number of nitrogens with one attached hydrogen (secondary N) is 4. The largest absolute Gasteiger partial charge is 0.493 e. The van der Waals surface area contributed by atoms with E-state index in [0.29, 0.717) is 47.9 Å². The molecule has 3 aromatic carbocycles. The van der Waals surface area contributed by atoms with Gasteiger partial charge in [0.15, 0.2) is 11.5 Å². The van der Waals surface area contributed by atoms with Crippen molar-refractivity contribution >= 4 is 62.3 Å². The number of imide groups is 2. The van der Waals surface area contributed by atoms with Crippen molar-refractivity contribution in [3.05, 3.63) is 77.4 Å². The molecule has 2 atom stereocenters. The normalized spacial score (nSPS) is 17.7. The van der Waals surface area contributed by atoms with E-state index in [-0.39, 0.29) is 59.8 Å². The summed E-state index contributed by atoms with van der Waals surface area (Å²) in [5, 5.41) is 11.2. The van der Waals surface area contributed by atoms with E-state index in [4.69, 9.17) is 9.47 Å². The molecule has 0 saturated carbocycles. The number of benzene rings is 3. The molecule has 0 bridgehead atoms. The van der Waals surface area contributed by atoms with Gasteiger partial charge in [-0.1, -0.05) is 24.6 Å². The molecule has 3 heterocycles. The molecule has 3 aliphatic heterocycles. The molecule has 2 fully saturated rings. The predicted octanol–water partition coefficient (Wildman–Crippen LogP) is 3.45. The first-order valence-corrected chi connectivity index (χ1v) is 22.5. The van der Waals surface area contributed by atoms with Gasteiger partial charge in [-0.15, -0.1) is 0 Å². The molecule has 2 saturated heterocycles. The summed E-state index contributed by atoms with van der Waals surface area (Å²) in [6, 6.07) is 14.8. The first kappa shape index (κ1) is 44.7. The molecule has 1 unspecified atom stereocenters. The SMILES string of the molecule is CCOc1cc([C@@H](CS(C)(=O)=O)N2C(=O)c3cccc(NC(=O)CCCCCN4CCN(CC(=O)Nc5cccc(NC6CCC(=O)NC6=O)c5)CC4)c3C2=O)ccc1OC. The van der Waals surface area contributed by atoms with Crippen molar-refractivity contribution in [3.8, 4) is 11.5 Å². The third-order valence-electron chi connectivity index (χ3n) is 10.8. The molecule has 61 heavy (non-hydrogen) atoms. The Labute approximate surface area is 355 Å². The number of carbonyl (C=O) groups is 6. The summed E-state index contributed by atoms with van der Waals surface area (Å²) >= 11 is 0. The van der Waals surface area contributed by atoms with Gasteiger partial charge >= 0.3 is 0 Å². The standard InChI is InChI=1S/C43H53N7O10S/c1-4-60-36-24-28(15-17-35(36)59-2)34(27-61(3,57)58)50-42(55)31-12-9-13-32(40(31)43(50)56)46-37(51)14-6-5-7-19-48-20-22-49(23-21-48)26-39(53)45-30-11-8-10-29(25-30)44-33-16-18-38(52)47-41(33)54/h8-13,15,17,24-25,33-34,44H,4-7,14,16,18-23,26-27H2,1-3H3,(H,45,53)(H,46,51)(H,47,52,54)/t33?,34-/m1/s1. The molecule has 3 aromatic rings. The van der Waals surface area contributed by atoms with E-state index in [0.717, 1.165) is 56.7 Å². The zero-order chi connectivity index (χ0) is 43.7. The second-order valence-electron chi connectivity index (χ2n) is 15.4. The van der Waals surface area contributed by atoms with Crippen LogP contribution in [0, 0.1) is 0 Å². The fourth-order valence-corrected chi connectivity index (χ4v) is 8.69. The Kier molecular flexibility index (Phi) is 14.8. The first-order chi connectivity index (χ1) is 29.2. The molecular formula is C43H53N7O10S. The fraction of sp³-hybridized carbons (Fsp3) is 0.442. The number of amides is 6. The highest BCUT2D eigenvalue weighted by atomic mass is 32.2. The van der Waals surface area contributed by atoms with Crippen molar-refractivity contribution in [2.24, 2.45) is 0 Å². The van der Waals surface area contributed by atoms with Gasteiger partial charge in [-0.25, -0.2) is 8.42 Å². The molecule has 0 aromatic heterocycles. The quantitative estimate of drug-likeness (QED) is 0.101. The van der Waals surface area contributed by atoms with Crippen LogP contribution in [0.15, 0.2) is 60.7 Å². The summed E-state index contributed by atoms with van der Waals surface area (Å²) in [7, 11) is -2.21. The number of sulfone groups is 1. The van der Waals surface area contributed by atoms with Crippen molar-refractivity contribution in [2.45, 2.75) is 57.5 Å². The molecule has 326 valence electrons. The summed E-state index contributed by atoms with van der Waals surface area (Å²) < 4.78 is 36.3. The molecule has 0 radical (unpaired) electrons. The number of hydrogen-bond donors (Lipinski definition) is 4. The molecule has 6 rings (SSSR count). The lowest BCUT2D eigenvalue weighted by Crippen LogP contribution is -2.48. The number of piperazine rings is 1. The third-order valence-corrected chi connectivity index (χ3v) is 11.7. The zero-order valence-electron chi connectivity index (χ0n) is 34.7. The Hall–Kier alpha value is -5.85. The van der Waals surface area contributed by atoms with E-state index < -0.39 is 39.5 Å². The second-order valence-corrected chi connectivity index (χ2v) is 17.6. The Bertz CT molecular complexity index is 2260. The molecule has 6 amide bonds. The van der Waals surface area contributed by atoms with Gasteiger partial charge in [0, 0.05) is 56.7 Å². The molecule has 18 heteroatoms. The molecule has 4 N–H and O–H groups in total. The van der Waals surface area contributed by atoms with Crippen LogP contribution >= 0.6 is 0 Å². The van der Waals surface area contributed by atoms with E-state index in [1.54, 1.807) is 61.5 Å². The number of unbranched alkanes of at least 4 members (excludes halogenated alkanes) is 2. The van der Waals surface area contributed by atoms with Crippen LogP contribution in [0.4, 0.5) is 17.1 Å². The molecule has 3 aliphatic rings. The summed E-state index contributed by atoms with van der Waals surface area (Å²) in [5.41, 5.74) is 1.93. The van der Waals surface area contributed by atoms with Crippen LogP contribution in [-0.2, 0) is 29.0 Å². The van der Waals surface area contributed by atoms with Crippen LogP contribution in [0.5, 0.6) is 11.5 Å². The van der Waals surface area contributed by atoms with Crippen LogP contribution < -0.4 is 30.7 Å². The number of carbonyl (C=O) groups excluding carboxylic acids is 6. The summed E-state index contributed by atoms with van der Waals surface area (Å²) in [6.45, 7) is 6.26. The Morgan fingerprint density at radius 2 is 1.59 bits per heavy atom. The van der Waals surface area contributed by atoms with Crippen LogP contribution in [0.25, 0.3) is 0 Å². The number of nitrogens with zero attached hydrogens (tertiary/aromatic N) is 3. The highest BCUT2D eigenvalue weighted by Gasteiger charge is 2.43. The number of ether oxygens (including phenoxy) is 2. The predicted molar refractivity (Wildman–Crippen MR) is 228 cm³/mol. The van der Waals surface area contributed by atoms with Gasteiger partial charge in [-0.05, 0) is 80.8 Å². The van der Waals surface area contributed by atoms with Gasteiger partial charge in [0.25, 0.3) is 11.8 Å². The maximum atomic E-state index is 14.0. The summed E-state index contributed by atoms with van der Waals surface area (Å²) in [5.74, 6) is -2.21. The maximum absolute atomic E-state index is 14.0. The maximum Gasteiger partial charge on any atom is 0.264 e. The highest BCUT2D eigenvalue weighted by Crippen LogP contribution is 2.38. The van der Waals surface area contributed by atoms with Crippen molar-refractivity contribution in [2.75, 3.05) is 80.9 Å². The number of methoxy groups -OCH3 is 1. The van der Waals surface area contributed by atoms with Crippen molar-refractivity contribution in [3.63, 3.8) is 0 Å². The van der Waals surface area contributed by atoms with Gasteiger partial charge in [0.2, 0.25) is 23.6 Å². The minimum Gasteiger partial charge on any atom is -0.493 e. The topological polar surface area (TPSA) is 213 Å². The Balaban J connectivity index is 0.934. The number of anilines is 3. The second kappa shape index (κ2) is 20.1. The van der Waals surface area contributed by atoms with E-state index in [9.17, 15) is 37.2 Å². The van der Waals surface area contributed by atoms with E-state index >= 15 is 0 Å². The summed E-state index contributed by atoms with van der Waals surface area (Å²) in [6.07, 6.45) is 4.20. The van der Waals surface area contributed by atoms with Crippen molar-refractivity contribution in [1.29, 1.82) is 0 Å². The number of fused-ring (bicyclic) bond motifs is 1. The highest BCUT2D eigenvalue weighted by molar-refractivity contribution is 7.90. The zero-order valence-corrected chi connectivity index (χ0v) is 35.5. The average molecular weight is 860 g/mol. The third kappa shape index (κ3) is 11.7. The number of piperidine rings is 1. The molecule has 0 spiro atoms. The van der Waals surface area contributed by atoms with Crippen LogP contribution in [0.3, 0.4) is 0 Å². The average Bonchev–Trinajstić information content (AvgIpc) is 3.47. The summed E-state index contributed by atoms with van der Waals surface area (Å²) in [4.78, 5) is 82.6. The van der Waals surface area contributed by atoms with E-state index in [1.165, 1.54) is 13.2 Å². The number of rotatable bonds is 19. The lowest BCUT2D eigenvalue weighted by atomic mass is 10.1. The van der Waals surface area contributed by atoms with E-state index in [1.807, 2.05) is 0 Å². The van der Waals surface area contributed by atoms with Crippen LogP contribution in [0.1, 0.15) is 77.8 Å². The lowest BCUT2D eigenvalue weighted by Gasteiger charge is -2.34. The lowest BCUT2D eigenvalue weighted by molar-refractivity contribution is -0.133. The number of hydrogen-bond acceptors (Lipinski definition) is 13. The van der Waals surface area contributed by atoms with Crippen molar-refractivity contribution in [1.82, 2.24) is 20.0 Å². The van der Waals surface area contributed by atoms with Crippen molar-refractivity contribution < 1.29 is 46.7 Å². The fourth-order valence-electron chi connectivity index (χ4n) is 7.77. The Morgan fingerprint density at radius 3 is 2.31 bits per heavy atom.